The van der Waals surface area contributed by atoms with E-state index in [1.54, 1.807) is 0 Å². The zero-order valence-corrected chi connectivity index (χ0v) is 18.1. The number of benzene rings is 4. The maximum absolute atomic E-state index is 9.69. The van der Waals surface area contributed by atoms with Gasteiger partial charge in [0.1, 0.15) is 12.4 Å². The van der Waals surface area contributed by atoms with E-state index in [9.17, 15) is 5.11 Å². The van der Waals surface area contributed by atoms with Crippen molar-refractivity contribution in [3.05, 3.63) is 113 Å². The molecule has 0 spiro atoms. The van der Waals surface area contributed by atoms with Gasteiger partial charge in [0.25, 0.3) is 0 Å². The van der Waals surface area contributed by atoms with Gasteiger partial charge in [0.2, 0.25) is 0 Å². The van der Waals surface area contributed by atoms with Crippen LogP contribution in [0.25, 0.3) is 22.3 Å². The number of ether oxygens (including phenoxy) is 1. The second-order valence-electron chi connectivity index (χ2n) is 7.86. The maximum atomic E-state index is 9.69. The van der Waals surface area contributed by atoms with E-state index in [4.69, 9.17) is 4.74 Å². The van der Waals surface area contributed by atoms with E-state index in [2.05, 4.69) is 80.6 Å². The quantitative estimate of drug-likeness (QED) is 0.376. The second kappa shape index (κ2) is 9.63. The number of aryl methyl sites for hydroxylation is 2. The van der Waals surface area contributed by atoms with Crippen molar-refractivity contribution in [3.63, 3.8) is 0 Å². The van der Waals surface area contributed by atoms with Gasteiger partial charge in [-0.25, -0.2) is 0 Å². The van der Waals surface area contributed by atoms with Gasteiger partial charge in [-0.15, -0.1) is 0 Å². The zero-order chi connectivity index (χ0) is 21.6. The van der Waals surface area contributed by atoms with Crippen LogP contribution in [0, 0.1) is 19.9 Å². The van der Waals surface area contributed by atoms with Crippen LogP contribution in [-0.4, -0.2) is 11.7 Å². The van der Waals surface area contributed by atoms with Crippen LogP contribution < -0.4 is 4.74 Å². The molecule has 0 amide bonds. The Labute approximate surface area is 184 Å². The van der Waals surface area contributed by atoms with E-state index >= 15 is 0 Å². The average Bonchev–Trinajstić information content (AvgIpc) is 2.80. The van der Waals surface area contributed by atoms with Crippen molar-refractivity contribution >= 4 is 0 Å². The fourth-order valence-corrected chi connectivity index (χ4v) is 3.73. The molecule has 0 aliphatic carbocycles. The molecule has 0 aliphatic heterocycles. The molecule has 4 aromatic rings. The van der Waals surface area contributed by atoms with Crippen molar-refractivity contribution in [1.29, 1.82) is 0 Å². The molecule has 1 radical (unpaired) electrons. The molecule has 155 valence electrons. The van der Waals surface area contributed by atoms with Crippen LogP contribution in [0.15, 0.2) is 84.9 Å². The highest BCUT2D eigenvalue weighted by molar-refractivity contribution is 5.84. The summed E-state index contributed by atoms with van der Waals surface area (Å²) in [5.41, 5.74) is 8.68. The Morgan fingerprint density at radius 2 is 1.39 bits per heavy atom. The zero-order valence-electron chi connectivity index (χ0n) is 18.1. The summed E-state index contributed by atoms with van der Waals surface area (Å²) < 4.78 is 6.51. The van der Waals surface area contributed by atoms with Crippen molar-refractivity contribution in [2.24, 2.45) is 0 Å². The van der Waals surface area contributed by atoms with Gasteiger partial charge in [-0.05, 0) is 54.7 Å². The van der Waals surface area contributed by atoms with Crippen LogP contribution in [0.4, 0.5) is 0 Å². The Bertz CT molecular complexity index is 1130. The molecule has 1 N–H and O–H groups in total. The van der Waals surface area contributed by atoms with Crippen LogP contribution in [0.5, 0.6) is 5.75 Å². The maximum Gasteiger partial charge on any atom is 0.135 e. The highest BCUT2D eigenvalue weighted by Gasteiger charge is 2.18. The van der Waals surface area contributed by atoms with E-state index < -0.39 is 0 Å². The topological polar surface area (TPSA) is 29.5 Å². The minimum atomic E-state index is 0.0668. The van der Waals surface area contributed by atoms with E-state index in [1.165, 1.54) is 11.1 Å². The SMILES string of the molecule is Cc1ccc(-c2c[c]c(CCO)c(-c3ccc(C)cc3)c2OCc2ccccc2)cc1. The normalized spacial score (nSPS) is 10.8. The minimum absolute atomic E-state index is 0.0668. The fraction of sp³-hybridized carbons (Fsp3) is 0.172. The van der Waals surface area contributed by atoms with Crippen LogP contribution in [0.2, 0.25) is 0 Å². The standard InChI is InChI=1S/C29H27O2/c1-21-8-12-24(13-9-21)27-17-16-26(18-19-30)28(25-14-10-22(2)11-15-25)29(27)31-20-23-6-4-3-5-7-23/h3-15,17,30H,18-20H2,1-2H3. The molecule has 0 saturated carbocycles. The van der Waals surface area contributed by atoms with Crippen LogP contribution in [0.1, 0.15) is 22.3 Å². The molecule has 0 aliphatic rings. The molecule has 0 saturated heterocycles. The lowest BCUT2D eigenvalue weighted by atomic mass is 9.91. The summed E-state index contributed by atoms with van der Waals surface area (Å²) in [5, 5.41) is 9.69. The Morgan fingerprint density at radius 3 is 2.00 bits per heavy atom. The first-order valence-electron chi connectivity index (χ1n) is 10.6. The molecule has 2 nitrogen and oxygen atoms in total. The predicted molar refractivity (Wildman–Crippen MR) is 127 cm³/mol. The lowest BCUT2D eigenvalue weighted by Gasteiger charge is -2.20. The van der Waals surface area contributed by atoms with Gasteiger partial charge < -0.3 is 9.84 Å². The van der Waals surface area contributed by atoms with E-state index in [0.717, 1.165) is 39.1 Å². The predicted octanol–water partition coefficient (Wildman–Crippen LogP) is 6.55. The second-order valence-corrected chi connectivity index (χ2v) is 7.86. The van der Waals surface area contributed by atoms with Crippen molar-refractivity contribution in [3.8, 4) is 28.0 Å². The molecule has 0 heterocycles. The number of aliphatic hydroxyl groups is 1. The van der Waals surface area contributed by atoms with Crippen molar-refractivity contribution in [2.45, 2.75) is 26.9 Å². The lowest BCUT2D eigenvalue weighted by molar-refractivity contribution is 0.297. The Kier molecular flexibility index (Phi) is 6.49. The molecule has 0 bridgehead atoms. The summed E-state index contributed by atoms with van der Waals surface area (Å²) in [4.78, 5) is 0. The molecule has 2 heteroatoms. The molecule has 4 rings (SSSR count). The smallest absolute Gasteiger partial charge is 0.135 e. The molecule has 0 atom stereocenters. The highest BCUT2D eigenvalue weighted by Crippen LogP contribution is 2.42. The summed E-state index contributed by atoms with van der Waals surface area (Å²) >= 11 is 0. The Morgan fingerprint density at radius 1 is 0.774 bits per heavy atom. The van der Waals surface area contributed by atoms with E-state index in [-0.39, 0.29) is 6.61 Å². The third kappa shape index (κ3) is 4.87. The van der Waals surface area contributed by atoms with E-state index in [1.807, 2.05) is 24.3 Å². The first-order chi connectivity index (χ1) is 15.2. The monoisotopic (exact) mass is 407 g/mol. The first kappa shape index (κ1) is 20.9. The third-order valence-electron chi connectivity index (χ3n) is 5.45. The molecule has 31 heavy (non-hydrogen) atoms. The number of rotatable bonds is 7. The molecular formula is C29H27O2. The molecule has 0 fully saturated rings. The fourth-order valence-electron chi connectivity index (χ4n) is 3.73. The number of hydrogen-bond acceptors (Lipinski definition) is 2. The summed E-state index contributed by atoms with van der Waals surface area (Å²) in [6, 6.07) is 32.6. The summed E-state index contributed by atoms with van der Waals surface area (Å²) in [6.45, 7) is 4.71. The van der Waals surface area contributed by atoms with Gasteiger partial charge in [-0.1, -0.05) is 90.0 Å². The lowest BCUT2D eigenvalue weighted by Crippen LogP contribution is -2.03. The number of hydrogen-bond donors (Lipinski definition) is 1. The largest absolute Gasteiger partial charge is 0.488 e. The number of aliphatic hydroxyl groups excluding tert-OH is 1. The third-order valence-corrected chi connectivity index (χ3v) is 5.45. The van der Waals surface area contributed by atoms with Crippen LogP contribution >= 0.6 is 0 Å². The van der Waals surface area contributed by atoms with Gasteiger partial charge in [-0.3, -0.25) is 0 Å². The summed E-state index contributed by atoms with van der Waals surface area (Å²) in [7, 11) is 0. The average molecular weight is 408 g/mol. The van der Waals surface area contributed by atoms with Crippen molar-refractivity contribution in [2.75, 3.05) is 6.61 Å². The first-order valence-corrected chi connectivity index (χ1v) is 10.6. The van der Waals surface area contributed by atoms with Crippen LogP contribution in [0.3, 0.4) is 0 Å². The molecular weight excluding hydrogens is 380 g/mol. The Hall–Kier alpha value is -3.36. The highest BCUT2D eigenvalue weighted by atomic mass is 16.5. The molecule has 0 unspecified atom stereocenters. The van der Waals surface area contributed by atoms with Gasteiger partial charge >= 0.3 is 0 Å². The molecule has 0 aromatic heterocycles. The van der Waals surface area contributed by atoms with E-state index in [0.29, 0.717) is 13.0 Å². The minimum Gasteiger partial charge on any atom is -0.488 e. The summed E-state index contributed by atoms with van der Waals surface area (Å²) in [5.74, 6) is 0.832. The van der Waals surface area contributed by atoms with Crippen LogP contribution in [-0.2, 0) is 13.0 Å². The van der Waals surface area contributed by atoms with Gasteiger partial charge in [0, 0.05) is 17.7 Å². The van der Waals surface area contributed by atoms with Crippen molar-refractivity contribution < 1.29 is 9.84 Å². The Balaban J connectivity index is 1.88. The van der Waals surface area contributed by atoms with Gasteiger partial charge in [-0.2, -0.15) is 0 Å². The van der Waals surface area contributed by atoms with Gasteiger partial charge in [0.15, 0.2) is 0 Å². The summed E-state index contributed by atoms with van der Waals surface area (Å²) in [6.07, 6.45) is 0.527. The molecule has 4 aromatic carbocycles. The van der Waals surface area contributed by atoms with Gasteiger partial charge in [0.05, 0.1) is 0 Å². The van der Waals surface area contributed by atoms with Crippen molar-refractivity contribution in [1.82, 2.24) is 0 Å².